The highest BCUT2D eigenvalue weighted by atomic mass is 32.1. The van der Waals surface area contributed by atoms with E-state index >= 15 is 0 Å². The summed E-state index contributed by atoms with van der Waals surface area (Å²) in [6.45, 7) is 5.48. The first kappa shape index (κ1) is 22.7. The third-order valence-electron chi connectivity index (χ3n) is 7.17. The summed E-state index contributed by atoms with van der Waals surface area (Å²) >= 11 is 1.79. The first-order valence-electron chi connectivity index (χ1n) is 11.9. The van der Waals surface area contributed by atoms with Gasteiger partial charge >= 0.3 is 6.03 Å². The quantitative estimate of drug-likeness (QED) is 0.474. The van der Waals surface area contributed by atoms with Crippen LogP contribution < -0.4 is 0 Å². The minimum absolute atomic E-state index is 0.0543. The highest BCUT2D eigenvalue weighted by Gasteiger charge is 2.57. The third kappa shape index (κ3) is 4.38. The molecule has 34 heavy (non-hydrogen) atoms. The van der Waals surface area contributed by atoms with Crippen molar-refractivity contribution in [3.63, 3.8) is 0 Å². The van der Waals surface area contributed by atoms with Gasteiger partial charge in [-0.2, -0.15) is 0 Å². The Hall–Kier alpha value is -3.03. The number of nitrogens with zero attached hydrogens (tertiary/aromatic N) is 4. The van der Waals surface area contributed by atoms with Crippen molar-refractivity contribution < 1.29 is 9.59 Å². The van der Waals surface area contributed by atoms with Crippen molar-refractivity contribution in [3.8, 4) is 0 Å². The fourth-order valence-corrected chi connectivity index (χ4v) is 6.07. The second-order valence-corrected chi connectivity index (χ2v) is 10.3. The van der Waals surface area contributed by atoms with Crippen LogP contribution in [0.4, 0.5) is 4.79 Å². The molecule has 2 fully saturated rings. The Labute approximate surface area is 204 Å². The van der Waals surface area contributed by atoms with Crippen LogP contribution in [0, 0.1) is 6.92 Å². The largest absolute Gasteiger partial charge is 0.328 e. The van der Waals surface area contributed by atoms with E-state index in [0.29, 0.717) is 19.4 Å². The van der Waals surface area contributed by atoms with Gasteiger partial charge in [-0.25, -0.2) is 4.79 Å². The van der Waals surface area contributed by atoms with Crippen molar-refractivity contribution in [3.05, 3.63) is 87.9 Å². The van der Waals surface area contributed by atoms with Gasteiger partial charge in [0.2, 0.25) is 0 Å². The van der Waals surface area contributed by atoms with Gasteiger partial charge in [-0.1, -0.05) is 36.4 Å². The first-order chi connectivity index (χ1) is 16.6. The van der Waals surface area contributed by atoms with Gasteiger partial charge in [-0.15, -0.1) is 11.3 Å². The number of carbonyl (C=O) groups excluding carboxylic acids is 2. The molecule has 3 aromatic rings. The summed E-state index contributed by atoms with van der Waals surface area (Å²) in [5.74, 6) is -0.0543. The molecule has 3 amide bonds. The molecule has 0 saturated carbocycles. The van der Waals surface area contributed by atoms with E-state index in [-0.39, 0.29) is 18.5 Å². The zero-order chi connectivity index (χ0) is 23.5. The molecular weight excluding hydrogens is 444 g/mol. The number of pyridine rings is 1. The highest BCUT2D eigenvalue weighted by molar-refractivity contribution is 7.10. The molecule has 5 rings (SSSR count). The average Bonchev–Trinajstić information content (AvgIpc) is 3.35. The van der Waals surface area contributed by atoms with Crippen molar-refractivity contribution in [1.82, 2.24) is 19.7 Å². The molecule has 2 saturated heterocycles. The lowest BCUT2D eigenvalue weighted by molar-refractivity contribution is -0.136. The molecule has 2 aromatic heterocycles. The average molecular weight is 475 g/mol. The number of carbonyl (C=O) groups is 2. The molecule has 0 N–H and O–H groups in total. The first-order valence-corrected chi connectivity index (χ1v) is 12.8. The van der Waals surface area contributed by atoms with Crippen LogP contribution in [0.2, 0.25) is 0 Å². The molecular formula is C27H30N4O2S. The smallest absolute Gasteiger partial charge is 0.309 e. The molecule has 0 unspecified atom stereocenters. The molecule has 4 heterocycles. The summed E-state index contributed by atoms with van der Waals surface area (Å²) in [6.07, 6.45) is 5.50. The maximum Gasteiger partial charge on any atom is 0.328 e. The number of hydrogen-bond donors (Lipinski definition) is 0. The van der Waals surface area contributed by atoms with E-state index < -0.39 is 5.54 Å². The van der Waals surface area contributed by atoms with Crippen molar-refractivity contribution in [1.29, 1.82) is 0 Å². The van der Waals surface area contributed by atoms with Crippen LogP contribution in [0.5, 0.6) is 0 Å². The summed E-state index contributed by atoms with van der Waals surface area (Å²) in [5, 5.41) is 2.14. The molecule has 2 aliphatic heterocycles. The van der Waals surface area contributed by atoms with E-state index in [4.69, 9.17) is 0 Å². The normalized spacial score (nSPS) is 18.3. The number of imide groups is 1. The molecule has 7 heteroatoms. The number of thiophene rings is 1. The number of aromatic nitrogens is 1. The summed E-state index contributed by atoms with van der Waals surface area (Å²) in [7, 11) is 0. The number of benzene rings is 1. The predicted molar refractivity (Wildman–Crippen MR) is 133 cm³/mol. The summed E-state index contributed by atoms with van der Waals surface area (Å²) < 4.78 is 0. The minimum Gasteiger partial charge on any atom is -0.309 e. The van der Waals surface area contributed by atoms with Crippen molar-refractivity contribution in [2.24, 2.45) is 0 Å². The highest BCUT2D eigenvalue weighted by Crippen LogP contribution is 2.38. The number of amides is 3. The number of likely N-dealkylation sites (tertiary alicyclic amines) is 1. The number of urea groups is 1. The number of piperidine rings is 1. The Morgan fingerprint density at radius 1 is 0.971 bits per heavy atom. The Morgan fingerprint density at radius 3 is 2.41 bits per heavy atom. The molecule has 1 spiro atoms. The predicted octanol–water partition coefficient (Wildman–Crippen LogP) is 4.49. The van der Waals surface area contributed by atoms with Crippen LogP contribution in [-0.4, -0.2) is 56.8 Å². The van der Waals surface area contributed by atoms with E-state index in [1.807, 2.05) is 35.2 Å². The lowest BCUT2D eigenvalue weighted by atomic mass is 9.85. The van der Waals surface area contributed by atoms with Crippen molar-refractivity contribution in [2.75, 3.05) is 19.6 Å². The standard InChI is InChI=1S/C27H30N4O2S/c1-21-10-17-34-24(21)20-29-15-11-27(12-16-29)25(32)30(19-23-8-5-13-28-18-23)26(33)31(27)14-9-22-6-3-2-4-7-22/h2-8,10,13,17-18H,9,11-12,14-16,19-20H2,1H3. The number of aryl methyl sites for hydroxylation is 1. The maximum atomic E-state index is 13.8. The van der Waals surface area contributed by atoms with Gasteiger partial charge in [0, 0.05) is 43.4 Å². The molecule has 2 aliphatic rings. The molecule has 0 radical (unpaired) electrons. The topological polar surface area (TPSA) is 56.8 Å². The van der Waals surface area contributed by atoms with Crippen LogP contribution in [0.25, 0.3) is 0 Å². The zero-order valence-electron chi connectivity index (χ0n) is 19.5. The minimum atomic E-state index is -0.755. The molecule has 0 bridgehead atoms. The van der Waals surface area contributed by atoms with Crippen molar-refractivity contribution in [2.45, 2.75) is 44.8 Å². The Kier molecular flexibility index (Phi) is 6.48. The number of rotatable bonds is 7. The molecule has 0 atom stereocenters. The molecule has 1 aromatic carbocycles. The van der Waals surface area contributed by atoms with Crippen LogP contribution in [-0.2, 0) is 24.3 Å². The number of hydrogen-bond acceptors (Lipinski definition) is 5. The van der Waals surface area contributed by atoms with Gasteiger partial charge < -0.3 is 4.90 Å². The zero-order valence-corrected chi connectivity index (χ0v) is 20.3. The second-order valence-electron chi connectivity index (χ2n) is 9.26. The van der Waals surface area contributed by atoms with Crippen LogP contribution in [0.1, 0.15) is 34.4 Å². The maximum absolute atomic E-state index is 13.8. The lowest BCUT2D eigenvalue weighted by Crippen LogP contribution is -2.56. The molecule has 176 valence electrons. The van der Waals surface area contributed by atoms with Crippen LogP contribution in [0.15, 0.2) is 66.3 Å². The van der Waals surface area contributed by atoms with E-state index in [1.165, 1.54) is 20.9 Å². The van der Waals surface area contributed by atoms with Crippen LogP contribution in [0.3, 0.4) is 0 Å². The Bertz CT molecular complexity index is 1140. The second kappa shape index (κ2) is 9.68. The summed E-state index contributed by atoms with van der Waals surface area (Å²) in [4.78, 5) is 38.7. The van der Waals surface area contributed by atoms with E-state index in [1.54, 1.807) is 23.7 Å². The monoisotopic (exact) mass is 474 g/mol. The van der Waals surface area contributed by atoms with Gasteiger partial charge in [0.05, 0.1) is 6.54 Å². The van der Waals surface area contributed by atoms with Gasteiger partial charge in [0.25, 0.3) is 5.91 Å². The van der Waals surface area contributed by atoms with E-state index in [0.717, 1.165) is 31.6 Å². The Balaban J connectivity index is 1.36. The fourth-order valence-electron chi connectivity index (χ4n) is 5.13. The lowest BCUT2D eigenvalue weighted by Gasteiger charge is -2.42. The van der Waals surface area contributed by atoms with E-state index in [9.17, 15) is 9.59 Å². The summed E-state index contributed by atoms with van der Waals surface area (Å²) in [5.41, 5.74) is 2.61. The van der Waals surface area contributed by atoms with Gasteiger partial charge in [-0.3, -0.25) is 19.6 Å². The van der Waals surface area contributed by atoms with E-state index in [2.05, 4.69) is 40.4 Å². The van der Waals surface area contributed by atoms with Gasteiger partial charge in [0.1, 0.15) is 5.54 Å². The summed E-state index contributed by atoms with van der Waals surface area (Å²) in [6, 6.07) is 15.9. The van der Waals surface area contributed by atoms with Gasteiger partial charge in [0.15, 0.2) is 0 Å². The SMILES string of the molecule is Cc1ccsc1CN1CCC2(CC1)C(=O)N(Cc1cccnc1)C(=O)N2CCc1ccccc1. The van der Waals surface area contributed by atoms with Gasteiger partial charge in [-0.05, 0) is 60.4 Å². The third-order valence-corrected chi connectivity index (χ3v) is 8.18. The fraction of sp³-hybridized carbons (Fsp3) is 0.370. The Morgan fingerprint density at radius 2 is 1.74 bits per heavy atom. The van der Waals surface area contributed by atoms with Crippen LogP contribution >= 0.6 is 11.3 Å². The molecule has 0 aliphatic carbocycles. The molecule has 6 nitrogen and oxygen atoms in total. The van der Waals surface area contributed by atoms with Crippen molar-refractivity contribution >= 4 is 23.3 Å².